The van der Waals surface area contributed by atoms with E-state index < -0.39 is 11.7 Å². The number of amides is 1. The SMILES string of the molecule is CC.CCn1c(Nc2ccc(C)cc2F)c(C(=O)NC2CC2)c(Oc2cccc(NSNC)c2Cl)c(C)c1=O. The fraction of sp³-hybridized carbons (Fsp3) is 0.357. The molecule has 1 heterocycles. The van der Waals surface area contributed by atoms with Gasteiger partial charge in [0.2, 0.25) is 0 Å². The number of nitrogens with zero attached hydrogens (tertiary/aromatic N) is 1. The summed E-state index contributed by atoms with van der Waals surface area (Å²) in [6.07, 6.45) is 1.73. The number of carbonyl (C=O) groups is 1. The topological polar surface area (TPSA) is 96.4 Å². The molecule has 1 amide bonds. The fourth-order valence-corrected chi connectivity index (χ4v) is 4.47. The van der Waals surface area contributed by atoms with Crippen LogP contribution < -0.4 is 30.4 Å². The molecule has 2 aromatic carbocycles. The highest BCUT2D eigenvalue weighted by Gasteiger charge is 2.31. The molecule has 4 N–H and O–H groups in total. The first-order valence-electron chi connectivity index (χ1n) is 12.9. The second-order valence-electron chi connectivity index (χ2n) is 8.71. The molecule has 1 aromatic heterocycles. The Morgan fingerprint density at radius 3 is 2.51 bits per heavy atom. The van der Waals surface area contributed by atoms with Crippen molar-refractivity contribution in [3.63, 3.8) is 0 Å². The summed E-state index contributed by atoms with van der Waals surface area (Å²) in [4.78, 5) is 27.0. The first-order valence-corrected chi connectivity index (χ1v) is 14.1. The van der Waals surface area contributed by atoms with Crippen molar-refractivity contribution in [2.75, 3.05) is 17.1 Å². The second-order valence-corrected chi connectivity index (χ2v) is 9.91. The molecule has 4 rings (SSSR count). The van der Waals surface area contributed by atoms with E-state index in [1.165, 1.54) is 22.8 Å². The summed E-state index contributed by atoms with van der Waals surface area (Å²) >= 11 is 7.82. The number of pyridine rings is 1. The van der Waals surface area contributed by atoms with E-state index in [1.807, 2.05) is 13.8 Å². The monoisotopic (exact) mass is 575 g/mol. The van der Waals surface area contributed by atoms with Gasteiger partial charge < -0.3 is 20.1 Å². The molecule has 8 nitrogen and oxygen atoms in total. The lowest BCUT2D eigenvalue weighted by molar-refractivity contribution is 0.0948. The third-order valence-corrected chi connectivity index (χ3v) is 6.83. The third kappa shape index (κ3) is 7.06. The standard InChI is InChI=1S/C26H29ClFN5O3S.C2H6/c1-5-33-24(31-18-12-9-14(2)13-17(18)28)21(25(34)30-16-10-11-16)23(15(3)26(33)35)36-20-8-6-7-19(22(20)27)32-37-29-4;1-2/h6-9,12-13,16,29,31-32H,5,10-11H2,1-4H3,(H,30,34);1-2H3. The Hall–Kier alpha value is -3.21. The van der Waals surface area contributed by atoms with Gasteiger partial charge in [0.15, 0.2) is 5.75 Å². The van der Waals surface area contributed by atoms with Crippen molar-refractivity contribution in [1.82, 2.24) is 14.6 Å². The van der Waals surface area contributed by atoms with Crippen LogP contribution in [0.3, 0.4) is 0 Å². The molecule has 0 radical (unpaired) electrons. The number of rotatable bonds is 10. The van der Waals surface area contributed by atoms with Crippen LogP contribution in [0.25, 0.3) is 0 Å². The van der Waals surface area contributed by atoms with Gasteiger partial charge in [-0.25, -0.2) is 9.11 Å². The number of nitrogens with one attached hydrogen (secondary N) is 4. The summed E-state index contributed by atoms with van der Waals surface area (Å²) in [6, 6.07) is 9.91. The Balaban J connectivity index is 0.00000205. The van der Waals surface area contributed by atoms with Crippen molar-refractivity contribution >= 4 is 46.8 Å². The van der Waals surface area contributed by atoms with Crippen LogP contribution in [-0.2, 0) is 6.54 Å². The number of anilines is 3. The fourth-order valence-electron chi connectivity index (χ4n) is 3.82. The van der Waals surface area contributed by atoms with Gasteiger partial charge in [0.1, 0.15) is 28.0 Å². The van der Waals surface area contributed by atoms with Gasteiger partial charge in [-0.15, -0.1) is 0 Å². The molecule has 0 unspecified atom stereocenters. The average molecular weight is 576 g/mol. The highest BCUT2D eigenvalue weighted by Crippen LogP contribution is 2.40. The zero-order chi connectivity index (χ0) is 28.7. The molecular formula is C28H35ClFN5O3S. The highest BCUT2D eigenvalue weighted by atomic mass is 35.5. The van der Waals surface area contributed by atoms with Crippen molar-refractivity contribution in [1.29, 1.82) is 0 Å². The van der Waals surface area contributed by atoms with Crippen LogP contribution in [0.1, 0.15) is 55.1 Å². The predicted octanol–water partition coefficient (Wildman–Crippen LogP) is 6.93. The summed E-state index contributed by atoms with van der Waals surface area (Å²) < 4.78 is 28.4. The summed E-state index contributed by atoms with van der Waals surface area (Å²) in [6.45, 7) is 9.41. The first kappa shape index (κ1) is 30.3. The molecule has 0 bridgehead atoms. The molecule has 11 heteroatoms. The molecular weight excluding hydrogens is 541 g/mol. The second kappa shape index (κ2) is 13.7. The molecule has 1 fully saturated rings. The molecule has 0 spiro atoms. The Morgan fingerprint density at radius 2 is 1.90 bits per heavy atom. The third-order valence-electron chi connectivity index (χ3n) is 5.91. The minimum Gasteiger partial charge on any atom is -0.454 e. The summed E-state index contributed by atoms with van der Waals surface area (Å²) in [5.41, 5.74) is 1.43. The maximum Gasteiger partial charge on any atom is 0.259 e. The molecule has 1 aliphatic rings. The number of aryl methyl sites for hydroxylation is 1. The van der Waals surface area contributed by atoms with Crippen LogP contribution in [0, 0.1) is 19.7 Å². The molecule has 1 saturated carbocycles. The van der Waals surface area contributed by atoms with Crippen molar-refractivity contribution < 1.29 is 13.9 Å². The number of aromatic nitrogens is 1. The Labute approximate surface area is 237 Å². The van der Waals surface area contributed by atoms with E-state index >= 15 is 0 Å². The molecule has 210 valence electrons. The highest BCUT2D eigenvalue weighted by molar-refractivity contribution is 7.98. The minimum atomic E-state index is -0.504. The smallest absolute Gasteiger partial charge is 0.259 e. The zero-order valence-corrected chi connectivity index (χ0v) is 24.6. The van der Waals surface area contributed by atoms with E-state index in [4.69, 9.17) is 16.3 Å². The molecule has 1 aliphatic carbocycles. The number of carbonyl (C=O) groups excluding carboxylic acids is 1. The average Bonchev–Trinajstić information content (AvgIpc) is 3.74. The number of hydrogen-bond donors (Lipinski definition) is 4. The van der Waals surface area contributed by atoms with Crippen molar-refractivity contribution in [2.24, 2.45) is 0 Å². The maximum absolute atomic E-state index is 14.8. The van der Waals surface area contributed by atoms with E-state index in [0.29, 0.717) is 5.69 Å². The van der Waals surface area contributed by atoms with Gasteiger partial charge in [-0.3, -0.25) is 14.2 Å². The molecule has 3 aromatic rings. The minimum absolute atomic E-state index is 0.0429. The van der Waals surface area contributed by atoms with Crippen LogP contribution in [0.2, 0.25) is 5.02 Å². The lowest BCUT2D eigenvalue weighted by Crippen LogP contribution is -2.32. The van der Waals surface area contributed by atoms with E-state index in [-0.39, 0.29) is 57.3 Å². The lowest BCUT2D eigenvalue weighted by atomic mass is 10.1. The number of halogens is 2. The molecule has 0 aliphatic heterocycles. The number of hydrogen-bond acceptors (Lipinski definition) is 7. The van der Waals surface area contributed by atoms with Crippen LogP contribution in [-0.4, -0.2) is 23.6 Å². The van der Waals surface area contributed by atoms with E-state index in [2.05, 4.69) is 20.1 Å². The van der Waals surface area contributed by atoms with Gasteiger partial charge >= 0.3 is 0 Å². The number of benzene rings is 2. The van der Waals surface area contributed by atoms with Crippen LogP contribution in [0.15, 0.2) is 41.2 Å². The van der Waals surface area contributed by atoms with Gasteiger partial charge in [-0.2, -0.15) is 0 Å². The quantitative estimate of drug-likeness (QED) is 0.195. The summed E-state index contributed by atoms with van der Waals surface area (Å²) in [7, 11) is 1.76. The van der Waals surface area contributed by atoms with Gasteiger partial charge in [0, 0.05) is 24.7 Å². The van der Waals surface area contributed by atoms with E-state index in [0.717, 1.165) is 18.4 Å². The van der Waals surface area contributed by atoms with E-state index in [1.54, 1.807) is 58.2 Å². The molecule has 0 atom stereocenters. The van der Waals surface area contributed by atoms with Crippen LogP contribution in [0.4, 0.5) is 21.6 Å². The van der Waals surface area contributed by atoms with Crippen LogP contribution in [0.5, 0.6) is 11.5 Å². The largest absolute Gasteiger partial charge is 0.454 e. The van der Waals surface area contributed by atoms with Crippen LogP contribution >= 0.6 is 23.7 Å². The van der Waals surface area contributed by atoms with Crippen molar-refractivity contribution in [2.45, 2.75) is 60.0 Å². The Morgan fingerprint density at radius 1 is 1.18 bits per heavy atom. The predicted molar refractivity (Wildman–Crippen MR) is 159 cm³/mol. The molecule has 0 saturated heterocycles. The Kier molecular flexibility index (Phi) is 10.7. The number of ether oxygens (including phenoxy) is 1. The maximum atomic E-state index is 14.8. The van der Waals surface area contributed by atoms with Crippen molar-refractivity contribution in [3.8, 4) is 11.5 Å². The van der Waals surface area contributed by atoms with Gasteiger partial charge in [0.25, 0.3) is 11.5 Å². The summed E-state index contributed by atoms with van der Waals surface area (Å²) in [5.74, 6) is -0.467. The van der Waals surface area contributed by atoms with Gasteiger partial charge in [-0.1, -0.05) is 37.6 Å². The normalized spacial score (nSPS) is 12.3. The van der Waals surface area contributed by atoms with E-state index in [9.17, 15) is 14.0 Å². The lowest BCUT2D eigenvalue weighted by Gasteiger charge is -2.23. The molecule has 39 heavy (non-hydrogen) atoms. The van der Waals surface area contributed by atoms with Crippen molar-refractivity contribution in [3.05, 3.63) is 74.3 Å². The van der Waals surface area contributed by atoms with Gasteiger partial charge in [-0.05, 0) is 70.5 Å². The Bertz CT molecular complexity index is 1390. The zero-order valence-electron chi connectivity index (χ0n) is 23.0. The summed E-state index contributed by atoms with van der Waals surface area (Å²) in [5, 5.41) is 6.25. The van der Waals surface area contributed by atoms with Gasteiger partial charge in [0.05, 0.1) is 16.9 Å². The first-order chi connectivity index (χ1) is 18.7.